The van der Waals surface area contributed by atoms with Crippen molar-refractivity contribution >= 4 is 33.9 Å². The zero-order valence-corrected chi connectivity index (χ0v) is 11.2. The van der Waals surface area contributed by atoms with Crippen molar-refractivity contribution in [2.75, 3.05) is 0 Å². The third-order valence-corrected chi connectivity index (χ3v) is 2.70. The summed E-state index contributed by atoms with van der Waals surface area (Å²) < 4.78 is 0.872. The van der Waals surface area contributed by atoms with Crippen molar-refractivity contribution < 1.29 is 5.11 Å². The molecule has 0 amide bonds. The largest absolute Gasteiger partial charge is 0.508 e. The monoisotopic (exact) mass is 301 g/mol. The van der Waals surface area contributed by atoms with Gasteiger partial charge in [0.05, 0.1) is 5.69 Å². The van der Waals surface area contributed by atoms with Gasteiger partial charge in [0.1, 0.15) is 5.75 Å². The molecule has 0 atom stereocenters. The van der Waals surface area contributed by atoms with Gasteiger partial charge in [0, 0.05) is 16.8 Å². The summed E-state index contributed by atoms with van der Waals surface area (Å²) in [6.45, 7) is 0. The van der Waals surface area contributed by atoms with E-state index in [0.29, 0.717) is 5.69 Å². The average Bonchev–Trinajstić information content (AvgIpc) is 2.38. The quantitative estimate of drug-likeness (QED) is 0.830. The van der Waals surface area contributed by atoms with Crippen LogP contribution in [0.25, 0.3) is 6.08 Å². The Hall–Kier alpha value is -1.87. The molecular weight excluding hydrogens is 290 g/mol. The number of phenolic OH excluding ortho intramolecular Hbond substituents is 1. The van der Waals surface area contributed by atoms with E-state index in [4.69, 9.17) is 0 Å². The number of rotatable bonds is 3. The number of aliphatic imine (C=N–C) groups is 1. The Labute approximate surface area is 114 Å². The standard InChI is InChI=1S/C15H12BrNO/c16-13(9-12-5-2-1-3-6-12)11-17-14-7-4-8-15(18)10-14/h1-11,18H/b13-9+,17-11?. The van der Waals surface area contributed by atoms with Crippen molar-refractivity contribution in [3.05, 3.63) is 64.6 Å². The van der Waals surface area contributed by atoms with Crippen LogP contribution in [0.1, 0.15) is 5.56 Å². The lowest BCUT2D eigenvalue weighted by Crippen LogP contribution is -1.75. The lowest BCUT2D eigenvalue weighted by Gasteiger charge is -1.95. The van der Waals surface area contributed by atoms with Gasteiger partial charge in [-0.1, -0.05) is 36.4 Å². The summed E-state index contributed by atoms with van der Waals surface area (Å²) in [5.41, 5.74) is 1.82. The average molecular weight is 302 g/mol. The van der Waals surface area contributed by atoms with Crippen LogP contribution in [-0.4, -0.2) is 11.3 Å². The van der Waals surface area contributed by atoms with Gasteiger partial charge in [-0.2, -0.15) is 0 Å². The first-order valence-corrected chi connectivity index (χ1v) is 6.29. The van der Waals surface area contributed by atoms with Gasteiger partial charge >= 0.3 is 0 Å². The first-order valence-electron chi connectivity index (χ1n) is 5.49. The molecule has 0 bridgehead atoms. The Morgan fingerprint density at radius 2 is 1.83 bits per heavy atom. The number of hydrogen-bond donors (Lipinski definition) is 1. The van der Waals surface area contributed by atoms with Gasteiger partial charge in [-0.3, -0.25) is 4.99 Å². The maximum atomic E-state index is 9.31. The Morgan fingerprint density at radius 3 is 2.56 bits per heavy atom. The highest BCUT2D eigenvalue weighted by molar-refractivity contribution is 9.12. The van der Waals surface area contributed by atoms with Crippen LogP contribution in [0.15, 0.2) is 64.1 Å². The first kappa shape index (κ1) is 12.6. The van der Waals surface area contributed by atoms with E-state index in [1.54, 1.807) is 24.4 Å². The topological polar surface area (TPSA) is 32.6 Å². The van der Waals surface area contributed by atoms with Crippen molar-refractivity contribution in [3.63, 3.8) is 0 Å². The molecule has 1 N–H and O–H groups in total. The molecule has 2 aromatic rings. The number of allylic oxidation sites excluding steroid dienone is 1. The fourth-order valence-electron chi connectivity index (χ4n) is 1.46. The molecule has 0 unspecified atom stereocenters. The molecule has 0 aromatic heterocycles. The van der Waals surface area contributed by atoms with Crippen LogP contribution in [0.4, 0.5) is 5.69 Å². The van der Waals surface area contributed by atoms with Gasteiger partial charge in [0.2, 0.25) is 0 Å². The summed E-state index contributed by atoms with van der Waals surface area (Å²) in [7, 11) is 0. The minimum absolute atomic E-state index is 0.216. The smallest absolute Gasteiger partial charge is 0.117 e. The summed E-state index contributed by atoms with van der Waals surface area (Å²) in [5.74, 6) is 0.216. The number of hydrogen-bond acceptors (Lipinski definition) is 2. The molecule has 2 nitrogen and oxygen atoms in total. The summed E-state index contributed by atoms with van der Waals surface area (Å²) in [6.07, 6.45) is 3.69. The molecule has 0 fully saturated rings. The Bertz CT molecular complexity index is 576. The highest BCUT2D eigenvalue weighted by atomic mass is 79.9. The second-order valence-corrected chi connectivity index (χ2v) is 4.63. The number of halogens is 1. The molecule has 0 spiro atoms. The molecular formula is C15H12BrNO. The number of phenols is 1. The number of aromatic hydroxyl groups is 1. The molecule has 0 saturated heterocycles. The van der Waals surface area contributed by atoms with Crippen LogP contribution in [0.2, 0.25) is 0 Å². The number of benzene rings is 2. The van der Waals surface area contributed by atoms with Gasteiger partial charge in [-0.15, -0.1) is 0 Å². The Kier molecular flexibility index (Phi) is 4.31. The Balaban J connectivity index is 2.12. The normalized spacial score (nSPS) is 11.9. The van der Waals surface area contributed by atoms with E-state index >= 15 is 0 Å². The zero-order chi connectivity index (χ0) is 12.8. The van der Waals surface area contributed by atoms with Crippen LogP contribution in [0.3, 0.4) is 0 Å². The highest BCUT2D eigenvalue weighted by Gasteiger charge is 1.92. The second kappa shape index (κ2) is 6.17. The number of nitrogens with zero attached hydrogens (tertiary/aromatic N) is 1. The molecule has 0 aliphatic carbocycles. The lowest BCUT2D eigenvalue weighted by molar-refractivity contribution is 0.475. The summed E-state index contributed by atoms with van der Waals surface area (Å²) in [4.78, 5) is 4.26. The molecule has 2 aromatic carbocycles. The lowest BCUT2D eigenvalue weighted by atomic mass is 10.2. The summed E-state index contributed by atoms with van der Waals surface area (Å²) in [6, 6.07) is 16.8. The van der Waals surface area contributed by atoms with E-state index in [9.17, 15) is 5.11 Å². The SMILES string of the molecule is Oc1cccc(N=C/C(Br)=C\c2ccccc2)c1. The van der Waals surface area contributed by atoms with Crippen molar-refractivity contribution in [2.45, 2.75) is 0 Å². The fraction of sp³-hybridized carbons (Fsp3) is 0. The van der Waals surface area contributed by atoms with E-state index in [2.05, 4.69) is 20.9 Å². The first-order chi connectivity index (χ1) is 8.74. The van der Waals surface area contributed by atoms with Gasteiger partial charge in [0.25, 0.3) is 0 Å². The van der Waals surface area contributed by atoms with Crippen molar-refractivity contribution in [1.82, 2.24) is 0 Å². The molecule has 0 aliphatic rings. The third-order valence-electron chi connectivity index (χ3n) is 2.27. The summed E-state index contributed by atoms with van der Waals surface area (Å²) >= 11 is 3.44. The van der Waals surface area contributed by atoms with E-state index < -0.39 is 0 Å². The molecule has 2 rings (SSSR count). The van der Waals surface area contributed by atoms with E-state index in [-0.39, 0.29) is 5.75 Å². The maximum absolute atomic E-state index is 9.31. The molecule has 3 heteroatoms. The van der Waals surface area contributed by atoms with Crippen LogP contribution in [0.5, 0.6) is 5.75 Å². The van der Waals surface area contributed by atoms with Gasteiger partial charge in [-0.05, 0) is 39.7 Å². The molecule has 90 valence electrons. The highest BCUT2D eigenvalue weighted by Crippen LogP contribution is 2.19. The molecule has 18 heavy (non-hydrogen) atoms. The van der Waals surface area contributed by atoms with E-state index in [0.717, 1.165) is 10.0 Å². The van der Waals surface area contributed by atoms with Crippen LogP contribution in [-0.2, 0) is 0 Å². The third kappa shape index (κ3) is 3.86. The minimum atomic E-state index is 0.216. The van der Waals surface area contributed by atoms with Crippen LogP contribution in [0, 0.1) is 0 Å². The predicted molar refractivity (Wildman–Crippen MR) is 79.6 cm³/mol. The second-order valence-electron chi connectivity index (χ2n) is 3.72. The van der Waals surface area contributed by atoms with Gasteiger partial charge in [-0.25, -0.2) is 0 Å². The van der Waals surface area contributed by atoms with E-state index in [1.165, 1.54) is 0 Å². The predicted octanol–water partition coefficient (Wildman–Crippen LogP) is 4.53. The summed E-state index contributed by atoms with van der Waals surface area (Å²) in [5, 5.41) is 9.31. The van der Waals surface area contributed by atoms with Crippen molar-refractivity contribution in [2.24, 2.45) is 4.99 Å². The van der Waals surface area contributed by atoms with Crippen molar-refractivity contribution in [1.29, 1.82) is 0 Å². The van der Waals surface area contributed by atoms with Gasteiger partial charge < -0.3 is 5.11 Å². The van der Waals surface area contributed by atoms with Crippen LogP contribution >= 0.6 is 15.9 Å². The zero-order valence-electron chi connectivity index (χ0n) is 9.62. The maximum Gasteiger partial charge on any atom is 0.117 e. The van der Waals surface area contributed by atoms with Crippen LogP contribution < -0.4 is 0 Å². The van der Waals surface area contributed by atoms with Crippen molar-refractivity contribution in [3.8, 4) is 5.75 Å². The minimum Gasteiger partial charge on any atom is -0.508 e. The van der Waals surface area contributed by atoms with Gasteiger partial charge in [0.15, 0.2) is 0 Å². The molecule has 0 heterocycles. The Morgan fingerprint density at radius 1 is 1.06 bits per heavy atom. The molecule has 0 saturated carbocycles. The van der Waals surface area contributed by atoms with E-state index in [1.807, 2.05) is 42.5 Å². The molecule has 0 radical (unpaired) electrons. The molecule has 0 aliphatic heterocycles. The fourth-order valence-corrected chi connectivity index (χ4v) is 1.82.